The van der Waals surface area contributed by atoms with Crippen LogP contribution in [0.15, 0.2) is 29.4 Å². The number of amides is 1. The average molecular weight is 373 g/mol. The van der Waals surface area contributed by atoms with Crippen LogP contribution in [0.4, 0.5) is 0 Å². The predicted octanol–water partition coefficient (Wildman–Crippen LogP) is 2.75. The number of rotatable bonds is 5. The summed E-state index contributed by atoms with van der Waals surface area (Å²) in [6.45, 7) is 5.75. The summed E-state index contributed by atoms with van der Waals surface area (Å²) in [5.74, 6) is 0.440. The van der Waals surface area contributed by atoms with E-state index in [0.717, 1.165) is 18.5 Å². The van der Waals surface area contributed by atoms with Gasteiger partial charge in [-0.05, 0) is 74.7 Å². The molecule has 0 unspecified atom stereocenters. The van der Waals surface area contributed by atoms with E-state index in [1.54, 1.807) is 28.9 Å². The number of nitrogens with zero attached hydrogens (tertiary/aromatic N) is 5. The number of hydrogen-bond donors (Lipinski definition) is 0. The van der Waals surface area contributed by atoms with Crippen molar-refractivity contribution in [1.82, 2.24) is 25.1 Å². The highest BCUT2D eigenvalue weighted by Gasteiger charge is 2.29. The second-order valence-corrected chi connectivity index (χ2v) is 7.64. The zero-order valence-corrected chi connectivity index (χ0v) is 16.1. The van der Waals surface area contributed by atoms with Crippen LogP contribution in [-0.4, -0.2) is 54.6 Å². The van der Waals surface area contributed by atoms with Gasteiger partial charge < -0.3 is 4.90 Å². The fraction of sp³-hybridized carbons (Fsp3) is 0.500. The van der Waals surface area contributed by atoms with E-state index in [0.29, 0.717) is 16.5 Å². The van der Waals surface area contributed by atoms with Crippen molar-refractivity contribution in [2.45, 2.75) is 57.3 Å². The molecule has 0 radical (unpaired) electrons. The normalized spacial score (nSPS) is 20.2. The summed E-state index contributed by atoms with van der Waals surface area (Å²) in [7, 11) is 0. The van der Waals surface area contributed by atoms with Crippen molar-refractivity contribution in [2.75, 3.05) is 5.75 Å². The lowest BCUT2D eigenvalue weighted by molar-refractivity contribution is -0.134. The molecule has 1 aliphatic heterocycles. The molecule has 3 rings (SSSR count). The summed E-state index contributed by atoms with van der Waals surface area (Å²) in [6.07, 6.45) is 3.29. The summed E-state index contributed by atoms with van der Waals surface area (Å²) in [4.78, 5) is 26.1. The van der Waals surface area contributed by atoms with Gasteiger partial charge in [0.25, 0.3) is 0 Å². The Hall–Kier alpha value is -2.22. The van der Waals surface area contributed by atoms with Gasteiger partial charge >= 0.3 is 0 Å². The Labute approximate surface area is 157 Å². The zero-order chi connectivity index (χ0) is 18.7. The first-order valence-electron chi connectivity index (χ1n) is 8.81. The molecule has 0 saturated carbocycles. The number of piperidine rings is 1. The van der Waals surface area contributed by atoms with E-state index in [1.807, 2.05) is 4.90 Å². The fourth-order valence-corrected chi connectivity index (χ4v) is 4.14. The van der Waals surface area contributed by atoms with Gasteiger partial charge in [0.2, 0.25) is 11.1 Å². The van der Waals surface area contributed by atoms with Gasteiger partial charge in [0.1, 0.15) is 0 Å². The minimum Gasteiger partial charge on any atom is -0.337 e. The van der Waals surface area contributed by atoms with Crippen LogP contribution >= 0.6 is 11.8 Å². The van der Waals surface area contributed by atoms with Gasteiger partial charge in [0.15, 0.2) is 5.78 Å². The summed E-state index contributed by atoms with van der Waals surface area (Å²) in [5.41, 5.74) is 1.40. The molecule has 2 heterocycles. The number of hydrogen-bond acceptors (Lipinski definition) is 6. The molecule has 138 valence electrons. The van der Waals surface area contributed by atoms with Crippen LogP contribution in [0.2, 0.25) is 0 Å². The molecule has 26 heavy (non-hydrogen) atoms. The first-order chi connectivity index (χ1) is 12.5. The Morgan fingerprint density at radius 2 is 1.81 bits per heavy atom. The molecule has 0 aliphatic carbocycles. The maximum atomic E-state index is 12.7. The van der Waals surface area contributed by atoms with Crippen molar-refractivity contribution in [3.63, 3.8) is 0 Å². The van der Waals surface area contributed by atoms with Crippen LogP contribution in [0.5, 0.6) is 0 Å². The minimum absolute atomic E-state index is 0.0123. The summed E-state index contributed by atoms with van der Waals surface area (Å²) >= 11 is 1.33. The van der Waals surface area contributed by atoms with Crippen molar-refractivity contribution in [3.05, 3.63) is 29.8 Å². The number of tetrazole rings is 1. The highest BCUT2D eigenvalue weighted by Crippen LogP contribution is 2.25. The summed E-state index contributed by atoms with van der Waals surface area (Å²) in [5, 5.41) is 12.3. The molecular weight excluding hydrogens is 350 g/mol. The fourth-order valence-electron chi connectivity index (χ4n) is 3.38. The van der Waals surface area contributed by atoms with E-state index >= 15 is 0 Å². The highest BCUT2D eigenvalue weighted by molar-refractivity contribution is 7.99. The lowest BCUT2D eigenvalue weighted by atomic mass is 9.98. The molecule has 1 aromatic carbocycles. The van der Waals surface area contributed by atoms with Crippen molar-refractivity contribution >= 4 is 23.5 Å². The Morgan fingerprint density at radius 3 is 2.42 bits per heavy atom. The largest absolute Gasteiger partial charge is 0.337 e. The molecule has 0 bridgehead atoms. The van der Waals surface area contributed by atoms with E-state index in [1.165, 1.54) is 25.1 Å². The van der Waals surface area contributed by atoms with Gasteiger partial charge in [-0.25, -0.2) is 0 Å². The van der Waals surface area contributed by atoms with Crippen LogP contribution in [0.25, 0.3) is 5.69 Å². The maximum absolute atomic E-state index is 12.7. The molecule has 1 aromatic heterocycles. The lowest BCUT2D eigenvalue weighted by Gasteiger charge is -2.39. The van der Waals surface area contributed by atoms with Gasteiger partial charge in [-0.3, -0.25) is 9.59 Å². The van der Waals surface area contributed by atoms with E-state index in [-0.39, 0.29) is 23.8 Å². The van der Waals surface area contributed by atoms with Crippen molar-refractivity contribution < 1.29 is 9.59 Å². The van der Waals surface area contributed by atoms with Crippen molar-refractivity contribution in [2.24, 2.45) is 0 Å². The Kier molecular flexibility index (Phi) is 5.70. The van der Waals surface area contributed by atoms with E-state index in [9.17, 15) is 9.59 Å². The second-order valence-electron chi connectivity index (χ2n) is 6.69. The van der Waals surface area contributed by atoms with Gasteiger partial charge in [-0.2, -0.15) is 4.68 Å². The van der Waals surface area contributed by atoms with Gasteiger partial charge in [0.05, 0.1) is 11.4 Å². The molecule has 8 heteroatoms. The SMILES string of the molecule is CC(=O)c1ccc(-n2nnnc2SCC(=O)N2[C@H](C)CCC[C@@H]2C)cc1. The quantitative estimate of drug-likeness (QED) is 0.592. The minimum atomic E-state index is 0.0123. The van der Waals surface area contributed by atoms with Gasteiger partial charge in [0, 0.05) is 17.6 Å². The second kappa shape index (κ2) is 7.99. The summed E-state index contributed by atoms with van der Waals surface area (Å²) in [6, 6.07) is 7.65. The Balaban J connectivity index is 1.69. The number of aromatic nitrogens is 4. The Morgan fingerprint density at radius 1 is 1.15 bits per heavy atom. The number of carbonyl (C=O) groups is 2. The monoisotopic (exact) mass is 373 g/mol. The molecular formula is C18H23N5O2S. The predicted molar refractivity (Wildman–Crippen MR) is 99.5 cm³/mol. The molecule has 1 aliphatic rings. The first-order valence-corrected chi connectivity index (χ1v) is 9.79. The molecule has 7 nitrogen and oxygen atoms in total. The van der Waals surface area contributed by atoms with E-state index in [2.05, 4.69) is 29.4 Å². The van der Waals surface area contributed by atoms with Crippen LogP contribution in [0, 0.1) is 0 Å². The summed E-state index contributed by atoms with van der Waals surface area (Å²) < 4.78 is 1.59. The molecule has 1 amide bonds. The average Bonchev–Trinajstić information content (AvgIpc) is 3.08. The van der Waals surface area contributed by atoms with Gasteiger partial charge in [-0.15, -0.1) is 5.10 Å². The third-order valence-electron chi connectivity index (χ3n) is 4.77. The third-order valence-corrected chi connectivity index (χ3v) is 5.67. The number of likely N-dealkylation sites (tertiary alicyclic amines) is 1. The van der Waals surface area contributed by atoms with Crippen molar-refractivity contribution in [3.8, 4) is 5.69 Å². The van der Waals surface area contributed by atoms with E-state index in [4.69, 9.17) is 0 Å². The lowest BCUT2D eigenvalue weighted by Crippen LogP contribution is -2.48. The van der Waals surface area contributed by atoms with Gasteiger partial charge in [-0.1, -0.05) is 11.8 Å². The molecule has 0 spiro atoms. The van der Waals surface area contributed by atoms with Crippen LogP contribution in [0.1, 0.15) is 50.4 Å². The standard InChI is InChI=1S/C18H23N5O2S/c1-12-5-4-6-13(2)22(12)17(25)11-26-18-19-20-21-23(18)16-9-7-15(8-10-16)14(3)24/h7-10,12-13H,4-6,11H2,1-3H3/t12-,13+. The number of ketones is 1. The first kappa shape index (κ1) is 18.6. The van der Waals surface area contributed by atoms with E-state index < -0.39 is 0 Å². The number of Topliss-reactive ketones (excluding diaryl/α,β-unsaturated/α-hetero) is 1. The molecule has 0 N–H and O–H groups in total. The number of thioether (sulfide) groups is 1. The Bertz CT molecular complexity index is 779. The van der Waals surface area contributed by atoms with Crippen LogP contribution in [0.3, 0.4) is 0 Å². The molecule has 1 fully saturated rings. The third kappa shape index (κ3) is 3.95. The molecule has 2 atom stereocenters. The highest BCUT2D eigenvalue weighted by atomic mass is 32.2. The van der Waals surface area contributed by atoms with Crippen molar-refractivity contribution in [1.29, 1.82) is 0 Å². The number of benzene rings is 1. The molecule has 1 saturated heterocycles. The topological polar surface area (TPSA) is 81.0 Å². The molecule has 2 aromatic rings. The zero-order valence-electron chi connectivity index (χ0n) is 15.3. The van der Waals surface area contributed by atoms with Crippen LogP contribution in [-0.2, 0) is 4.79 Å². The smallest absolute Gasteiger partial charge is 0.233 e. The van der Waals surface area contributed by atoms with Crippen LogP contribution < -0.4 is 0 Å². The number of carbonyl (C=O) groups excluding carboxylic acids is 2. The maximum Gasteiger partial charge on any atom is 0.233 e.